The van der Waals surface area contributed by atoms with E-state index in [0.29, 0.717) is 26.2 Å². The Kier molecular flexibility index (Phi) is 6.48. The van der Waals surface area contributed by atoms with Crippen molar-refractivity contribution in [3.63, 3.8) is 0 Å². The highest BCUT2D eigenvalue weighted by molar-refractivity contribution is 5.76. The van der Waals surface area contributed by atoms with Crippen LogP contribution in [0.2, 0.25) is 0 Å². The second-order valence-corrected chi connectivity index (χ2v) is 5.24. The first-order valence-corrected chi connectivity index (χ1v) is 7.52. The van der Waals surface area contributed by atoms with Gasteiger partial charge >= 0.3 is 0 Å². The Bertz CT molecular complexity index is 458. The summed E-state index contributed by atoms with van der Waals surface area (Å²) in [6, 6.07) is 7.39. The number of hydrogen-bond acceptors (Lipinski definition) is 5. The molecule has 0 aromatic heterocycles. The van der Waals surface area contributed by atoms with E-state index in [1.807, 2.05) is 24.3 Å². The predicted molar refractivity (Wildman–Crippen MR) is 83.4 cm³/mol. The van der Waals surface area contributed by atoms with E-state index in [0.717, 1.165) is 24.6 Å². The maximum absolute atomic E-state index is 12.1. The van der Waals surface area contributed by atoms with Crippen LogP contribution in [0.4, 0.5) is 0 Å². The summed E-state index contributed by atoms with van der Waals surface area (Å²) in [6.07, 6.45) is 0.387. The zero-order valence-electron chi connectivity index (χ0n) is 13.2. The van der Waals surface area contributed by atoms with Crippen molar-refractivity contribution >= 4 is 5.91 Å². The van der Waals surface area contributed by atoms with Crippen LogP contribution in [0.3, 0.4) is 0 Å². The molecule has 1 aliphatic rings. The maximum Gasteiger partial charge on any atom is 0.225 e. The van der Waals surface area contributed by atoms with Gasteiger partial charge in [0.25, 0.3) is 0 Å². The number of methoxy groups -OCH3 is 1. The van der Waals surface area contributed by atoms with Crippen LogP contribution in [0.15, 0.2) is 24.3 Å². The Hall–Kier alpha value is -1.79. The molecule has 1 unspecified atom stereocenters. The van der Waals surface area contributed by atoms with Gasteiger partial charge in [-0.2, -0.15) is 0 Å². The van der Waals surface area contributed by atoms with E-state index in [9.17, 15) is 4.79 Å². The normalized spacial score (nSPS) is 17.8. The molecule has 0 saturated carbocycles. The lowest BCUT2D eigenvalue weighted by Crippen LogP contribution is -2.42. The zero-order chi connectivity index (χ0) is 15.8. The van der Waals surface area contributed by atoms with Crippen LogP contribution >= 0.6 is 0 Å². The molecular weight excluding hydrogens is 284 g/mol. The van der Waals surface area contributed by atoms with Crippen LogP contribution in [-0.4, -0.2) is 63.9 Å². The van der Waals surface area contributed by atoms with Crippen molar-refractivity contribution in [3.05, 3.63) is 24.3 Å². The molecule has 1 aromatic carbocycles. The van der Waals surface area contributed by atoms with Crippen LogP contribution in [-0.2, 0) is 9.53 Å². The smallest absolute Gasteiger partial charge is 0.225 e. The van der Waals surface area contributed by atoms with Crippen molar-refractivity contribution in [2.45, 2.75) is 12.5 Å². The van der Waals surface area contributed by atoms with Gasteiger partial charge in [-0.15, -0.1) is 0 Å². The first kappa shape index (κ1) is 16.6. The third kappa shape index (κ3) is 5.20. The topological polar surface area (TPSA) is 60.0 Å². The molecule has 1 heterocycles. The van der Waals surface area contributed by atoms with Gasteiger partial charge in [-0.1, -0.05) is 0 Å². The molecule has 0 radical (unpaired) electrons. The molecule has 6 heteroatoms. The van der Waals surface area contributed by atoms with E-state index in [4.69, 9.17) is 14.2 Å². The number of morpholine rings is 1. The predicted octanol–water partition coefficient (Wildman–Crippen LogP) is 0.911. The standard InChI is InChI=1S/C16H24N2O4/c1-18(16(19)11-15-12-17-7-9-21-15)8-10-22-14-5-3-13(20-2)4-6-14/h3-6,15,17H,7-12H2,1-2H3. The van der Waals surface area contributed by atoms with Gasteiger partial charge in [0.15, 0.2) is 0 Å². The van der Waals surface area contributed by atoms with E-state index in [1.165, 1.54) is 0 Å². The molecule has 1 saturated heterocycles. The van der Waals surface area contributed by atoms with Crippen LogP contribution in [0.1, 0.15) is 6.42 Å². The number of likely N-dealkylation sites (N-methyl/N-ethyl adjacent to an activating group) is 1. The van der Waals surface area contributed by atoms with Crippen molar-refractivity contribution in [2.75, 3.05) is 47.0 Å². The Morgan fingerprint density at radius 3 is 2.73 bits per heavy atom. The van der Waals surface area contributed by atoms with E-state index in [1.54, 1.807) is 19.1 Å². The minimum absolute atomic E-state index is 0.0220. The number of rotatable bonds is 7. The van der Waals surface area contributed by atoms with Gasteiger partial charge < -0.3 is 24.4 Å². The Morgan fingerprint density at radius 1 is 1.36 bits per heavy atom. The van der Waals surface area contributed by atoms with Crippen molar-refractivity contribution in [3.8, 4) is 11.5 Å². The molecule has 22 heavy (non-hydrogen) atoms. The Balaban J connectivity index is 1.67. The fourth-order valence-corrected chi connectivity index (χ4v) is 2.20. The minimum Gasteiger partial charge on any atom is -0.497 e. The van der Waals surface area contributed by atoms with E-state index in [2.05, 4.69) is 5.32 Å². The number of ether oxygens (including phenoxy) is 3. The molecule has 1 aliphatic heterocycles. The van der Waals surface area contributed by atoms with E-state index < -0.39 is 0 Å². The summed E-state index contributed by atoms with van der Waals surface area (Å²) in [4.78, 5) is 13.8. The number of benzene rings is 1. The lowest BCUT2D eigenvalue weighted by molar-refractivity contribution is -0.133. The first-order chi connectivity index (χ1) is 10.7. The number of carbonyl (C=O) groups excluding carboxylic acids is 1. The van der Waals surface area contributed by atoms with Crippen molar-refractivity contribution in [1.29, 1.82) is 0 Å². The van der Waals surface area contributed by atoms with Crippen LogP contribution in [0.25, 0.3) is 0 Å². The largest absolute Gasteiger partial charge is 0.497 e. The summed E-state index contributed by atoms with van der Waals surface area (Å²) in [5.74, 6) is 1.63. The fraction of sp³-hybridized carbons (Fsp3) is 0.562. The molecule has 0 spiro atoms. The van der Waals surface area contributed by atoms with Crippen LogP contribution in [0, 0.1) is 0 Å². The van der Waals surface area contributed by atoms with Gasteiger partial charge in [-0.3, -0.25) is 4.79 Å². The average Bonchev–Trinajstić information content (AvgIpc) is 2.56. The number of amides is 1. The molecular formula is C16H24N2O4. The van der Waals surface area contributed by atoms with E-state index in [-0.39, 0.29) is 12.0 Å². The summed E-state index contributed by atoms with van der Waals surface area (Å²) < 4.78 is 16.3. The van der Waals surface area contributed by atoms with Gasteiger partial charge in [0.05, 0.1) is 32.8 Å². The minimum atomic E-state index is -0.0220. The van der Waals surface area contributed by atoms with Crippen molar-refractivity contribution in [2.24, 2.45) is 0 Å². The van der Waals surface area contributed by atoms with Gasteiger partial charge in [0.1, 0.15) is 18.1 Å². The quantitative estimate of drug-likeness (QED) is 0.811. The monoisotopic (exact) mass is 308 g/mol. The summed E-state index contributed by atoms with van der Waals surface area (Å²) in [5, 5.41) is 3.22. The van der Waals surface area contributed by atoms with Crippen LogP contribution < -0.4 is 14.8 Å². The highest BCUT2D eigenvalue weighted by atomic mass is 16.5. The highest BCUT2D eigenvalue weighted by Gasteiger charge is 2.19. The molecule has 1 fully saturated rings. The molecule has 1 atom stereocenters. The summed E-state index contributed by atoms with van der Waals surface area (Å²) in [7, 11) is 3.41. The Morgan fingerprint density at radius 2 is 2.09 bits per heavy atom. The molecule has 6 nitrogen and oxygen atoms in total. The van der Waals surface area contributed by atoms with Gasteiger partial charge in [0.2, 0.25) is 5.91 Å². The SMILES string of the molecule is COc1ccc(OCCN(C)C(=O)CC2CNCCO2)cc1. The molecule has 0 aliphatic carbocycles. The van der Waals surface area contributed by atoms with Gasteiger partial charge in [-0.05, 0) is 24.3 Å². The molecule has 1 aromatic rings. The Labute approximate surface area is 131 Å². The third-order valence-electron chi connectivity index (χ3n) is 3.59. The second kappa shape index (κ2) is 8.60. The van der Waals surface area contributed by atoms with E-state index >= 15 is 0 Å². The fourth-order valence-electron chi connectivity index (χ4n) is 2.20. The molecule has 1 amide bonds. The summed E-state index contributed by atoms with van der Waals surface area (Å²) in [5.41, 5.74) is 0. The lowest BCUT2D eigenvalue weighted by atomic mass is 10.2. The lowest BCUT2D eigenvalue weighted by Gasteiger charge is -2.25. The number of hydrogen-bond donors (Lipinski definition) is 1. The summed E-state index contributed by atoms with van der Waals surface area (Å²) in [6.45, 7) is 3.27. The third-order valence-corrected chi connectivity index (χ3v) is 3.59. The highest BCUT2D eigenvalue weighted by Crippen LogP contribution is 2.16. The number of carbonyl (C=O) groups is 1. The first-order valence-electron chi connectivity index (χ1n) is 7.52. The average molecular weight is 308 g/mol. The molecule has 2 rings (SSSR count). The second-order valence-electron chi connectivity index (χ2n) is 5.24. The van der Waals surface area contributed by atoms with Gasteiger partial charge in [0, 0.05) is 20.1 Å². The number of nitrogens with zero attached hydrogens (tertiary/aromatic N) is 1. The van der Waals surface area contributed by atoms with Gasteiger partial charge in [-0.25, -0.2) is 0 Å². The summed E-state index contributed by atoms with van der Waals surface area (Å²) >= 11 is 0. The zero-order valence-corrected chi connectivity index (χ0v) is 13.2. The number of nitrogens with one attached hydrogen (secondary N) is 1. The molecule has 1 N–H and O–H groups in total. The molecule has 0 bridgehead atoms. The van der Waals surface area contributed by atoms with Crippen molar-refractivity contribution < 1.29 is 19.0 Å². The maximum atomic E-state index is 12.1. The molecule has 122 valence electrons. The van der Waals surface area contributed by atoms with Crippen molar-refractivity contribution in [1.82, 2.24) is 10.2 Å². The van der Waals surface area contributed by atoms with Crippen LogP contribution in [0.5, 0.6) is 11.5 Å².